The molecule has 0 heterocycles. The molecule has 6 aromatic carbocycles. The standard InChI is InChI=1S/2C26H24O3/c2*1-20-8-5-14-24(26(20)29-19-23-9-3-2-4-10-23)15-7-13-21-11-6-12-22(18-21)16-17-25(27)28/h2-12,14-18H,13,19H2,1H3,(H,27,28);2-14,16-18H,15,19H2,1H3,(H,27,28)/b15-7+,17-16+;13-7+,17-16+. The van der Waals surface area contributed by atoms with Crippen LogP contribution >= 0.6 is 0 Å². The van der Waals surface area contributed by atoms with Gasteiger partial charge in [0.1, 0.15) is 24.7 Å². The Morgan fingerprint density at radius 2 is 0.966 bits per heavy atom. The van der Waals surface area contributed by atoms with Gasteiger partial charge in [0.2, 0.25) is 0 Å². The van der Waals surface area contributed by atoms with Gasteiger partial charge in [-0.2, -0.15) is 0 Å². The maximum absolute atomic E-state index is 10.7. The quantitative estimate of drug-likeness (QED) is 0.0953. The minimum absolute atomic E-state index is 0.532. The summed E-state index contributed by atoms with van der Waals surface area (Å²) in [5, 5.41) is 17.5. The summed E-state index contributed by atoms with van der Waals surface area (Å²) in [5.74, 6) is -0.0731. The van der Waals surface area contributed by atoms with Gasteiger partial charge in [0.25, 0.3) is 0 Å². The molecular weight excluding hydrogens is 721 g/mol. The number of hydrogen-bond donors (Lipinski definition) is 2. The highest BCUT2D eigenvalue weighted by molar-refractivity contribution is 5.86. The number of carboxylic acids is 2. The Morgan fingerprint density at radius 3 is 1.59 bits per heavy atom. The molecule has 2 N–H and O–H groups in total. The van der Waals surface area contributed by atoms with Gasteiger partial charge in [-0.3, -0.25) is 0 Å². The van der Waals surface area contributed by atoms with Gasteiger partial charge in [-0.15, -0.1) is 0 Å². The second-order valence-electron chi connectivity index (χ2n) is 13.6. The van der Waals surface area contributed by atoms with E-state index in [0.29, 0.717) is 13.2 Å². The summed E-state index contributed by atoms with van der Waals surface area (Å²) in [6.45, 7) is 5.19. The summed E-state index contributed by atoms with van der Waals surface area (Å²) < 4.78 is 12.2. The lowest BCUT2D eigenvalue weighted by atomic mass is 10.0. The number of carbonyl (C=O) groups is 2. The Bertz CT molecular complexity index is 2370. The van der Waals surface area contributed by atoms with E-state index >= 15 is 0 Å². The normalized spacial score (nSPS) is 11.2. The van der Waals surface area contributed by atoms with Crippen molar-refractivity contribution in [1.29, 1.82) is 0 Å². The van der Waals surface area contributed by atoms with Crippen molar-refractivity contribution in [3.8, 4) is 11.5 Å². The number of carboxylic acid groups (broad SMARTS) is 2. The van der Waals surface area contributed by atoms with E-state index in [1.165, 1.54) is 0 Å². The molecule has 0 spiro atoms. The summed E-state index contributed by atoms with van der Waals surface area (Å²) in [6.07, 6.45) is 15.3. The van der Waals surface area contributed by atoms with Gasteiger partial charge in [-0.25, -0.2) is 9.59 Å². The van der Waals surface area contributed by atoms with E-state index in [4.69, 9.17) is 19.7 Å². The fraction of sp³-hybridized carbons (Fsp3) is 0.115. The van der Waals surface area contributed by atoms with Gasteiger partial charge >= 0.3 is 11.9 Å². The Morgan fingerprint density at radius 1 is 0.483 bits per heavy atom. The van der Waals surface area contributed by atoms with Gasteiger partial charge < -0.3 is 19.7 Å². The van der Waals surface area contributed by atoms with Crippen molar-refractivity contribution in [1.82, 2.24) is 0 Å². The monoisotopic (exact) mass is 768 g/mol. The number of aliphatic carboxylic acids is 2. The molecule has 0 aromatic heterocycles. The molecule has 58 heavy (non-hydrogen) atoms. The van der Waals surface area contributed by atoms with Gasteiger partial charge in [-0.05, 0) is 95.0 Å². The first-order valence-electron chi connectivity index (χ1n) is 19.1. The van der Waals surface area contributed by atoms with Crippen molar-refractivity contribution >= 4 is 36.2 Å². The summed E-state index contributed by atoms with van der Waals surface area (Å²) >= 11 is 0. The molecule has 0 bridgehead atoms. The molecule has 6 nitrogen and oxygen atoms in total. The van der Waals surface area contributed by atoms with Crippen LogP contribution in [0.1, 0.15) is 55.6 Å². The summed E-state index contributed by atoms with van der Waals surface area (Å²) in [5.41, 5.74) is 10.6. The Balaban J connectivity index is 0.000000221. The van der Waals surface area contributed by atoms with Crippen LogP contribution in [0.2, 0.25) is 0 Å². The van der Waals surface area contributed by atoms with Gasteiger partial charge in [0.15, 0.2) is 0 Å². The molecule has 0 aliphatic heterocycles. The zero-order valence-corrected chi connectivity index (χ0v) is 32.8. The predicted octanol–water partition coefficient (Wildman–Crippen LogP) is 11.9. The first kappa shape index (κ1) is 42.0. The number of para-hydroxylation sites is 2. The van der Waals surface area contributed by atoms with E-state index in [9.17, 15) is 9.59 Å². The topological polar surface area (TPSA) is 93.1 Å². The average Bonchev–Trinajstić information content (AvgIpc) is 3.23. The molecule has 0 aliphatic rings. The first-order chi connectivity index (χ1) is 28.2. The number of rotatable bonds is 16. The molecule has 0 fully saturated rings. The maximum Gasteiger partial charge on any atom is 0.328 e. The highest BCUT2D eigenvalue weighted by atomic mass is 16.5. The molecule has 0 amide bonds. The number of hydrogen-bond acceptors (Lipinski definition) is 4. The molecule has 292 valence electrons. The summed E-state index contributed by atoms with van der Waals surface area (Å²) in [7, 11) is 0. The molecular formula is C52H48O6. The molecule has 6 rings (SSSR count). The third-order valence-corrected chi connectivity index (χ3v) is 8.99. The van der Waals surface area contributed by atoms with Crippen LogP contribution < -0.4 is 9.47 Å². The average molecular weight is 769 g/mol. The SMILES string of the molecule is Cc1cccc(/C=C/Cc2cccc(/C=C/C(=O)O)c2)c1OCc1ccccc1.Cc1cccc(C/C=C/c2cccc(/C=C/C(=O)O)c2)c1OCc1ccccc1. The fourth-order valence-corrected chi connectivity index (χ4v) is 6.11. The molecule has 0 unspecified atom stereocenters. The smallest absolute Gasteiger partial charge is 0.328 e. The number of aryl methyl sites for hydroxylation is 2. The Labute approximate surface area is 341 Å². The van der Waals surface area contributed by atoms with Gasteiger partial charge in [-0.1, -0.05) is 164 Å². The minimum Gasteiger partial charge on any atom is -0.488 e. The fourth-order valence-electron chi connectivity index (χ4n) is 6.11. The van der Waals surface area contributed by atoms with E-state index in [1.54, 1.807) is 12.2 Å². The third-order valence-electron chi connectivity index (χ3n) is 8.99. The minimum atomic E-state index is -0.951. The van der Waals surface area contributed by atoms with Crippen molar-refractivity contribution in [3.05, 3.63) is 226 Å². The van der Waals surface area contributed by atoms with Gasteiger partial charge in [0, 0.05) is 17.7 Å². The van der Waals surface area contributed by atoms with E-state index in [2.05, 4.69) is 80.6 Å². The third kappa shape index (κ3) is 14.2. The van der Waals surface area contributed by atoms with Crippen molar-refractivity contribution < 1.29 is 29.3 Å². The zero-order valence-electron chi connectivity index (χ0n) is 32.8. The van der Waals surface area contributed by atoms with Crippen molar-refractivity contribution in [2.45, 2.75) is 39.9 Å². The van der Waals surface area contributed by atoms with E-state index < -0.39 is 11.9 Å². The molecule has 6 aromatic rings. The van der Waals surface area contributed by atoms with Crippen LogP contribution in [0.5, 0.6) is 11.5 Å². The van der Waals surface area contributed by atoms with Crippen LogP contribution in [0.15, 0.2) is 170 Å². The van der Waals surface area contributed by atoms with Crippen LogP contribution in [-0.4, -0.2) is 22.2 Å². The molecule has 0 saturated heterocycles. The van der Waals surface area contributed by atoms with E-state index in [-0.39, 0.29) is 0 Å². The number of allylic oxidation sites excluding steroid dienone is 2. The summed E-state index contributed by atoms with van der Waals surface area (Å²) in [4.78, 5) is 21.4. The number of benzene rings is 6. The van der Waals surface area contributed by atoms with Crippen LogP contribution in [0.25, 0.3) is 24.3 Å². The van der Waals surface area contributed by atoms with Crippen molar-refractivity contribution in [2.75, 3.05) is 0 Å². The first-order valence-corrected chi connectivity index (χ1v) is 19.1. The lowest BCUT2D eigenvalue weighted by Gasteiger charge is -2.13. The Kier molecular flexibility index (Phi) is 16.2. The molecule has 6 heteroatoms. The van der Waals surface area contributed by atoms with Crippen LogP contribution in [0, 0.1) is 13.8 Å². The molecule has 0 aliphatic carbocycles. The van der Waals surface area contributed by atoms with Crippen LogP contribution in [0.3, 0.4) is 0 Å². The van der Waals surface area contributed by atoms with Crippen LogP contribution in [0.4, 0.5) is 0 Å². The van der Waals surface area contributed by atoms with Crippen molar-refractivity contribution in [3.63, 3.8) is 0 Å². The molecule has 0 saturated carbocycles. The van der Waals surface area contributed by atoms with E-state index in [1.807, 2.05) is 103 Å². The maximum atomic E-state index is 10.7. The lowest BCUT2D eigenvalue weighted by molar-refractivity contribution is -0.132. The highest BCUT2D eigenvalue weighted by Crippen LogP contribution is 2.27. The Hall–Kier alpha value is -7.18. The largest absolute Gasteiger partial charge is 0.488 e. The van der Waals surface area contributed by atoms with E-state index in [0.717, 1.165) is 92.1 Å². The summed E-state index contributed by atoms with van der Waals surface area (Å²) in [6, 6.07) is 48.2. The number of ether oxygens (including phenoxy) is 2. The molecule has 0 atom stereocenters. The van der Waals surface area contributed by atoms with Crippen molar-refractivity contribution in [2.24, 2.45) is 0 Å². The van der Waals surface area contributed by atoms with Crippen LogP contribution in [-0.2, 0) is 35.6 Å². The zero-order chi connectivity index (χ0) is 41.0. The van der Waals surface area contributed by atoms with Gasteiger partial charge in [0.05, 0.1) is 0 Å². The predicted molar refractivity (Wildman–Crippen MR) is 236 cm³/mol. The molecule has 0 radical (unpaired) electrons. The lowest BCUT2D eigenvalue weighted by Crippen LogP contribution is -2.00. The second kappa shape index (κ2) is 22.4. The highest BCUT2D eigenvalue weighted by Gasteiger charge is 2.07. The second-order valence-corrected chi connectivity index (χ2v) is 13.6.